The standard InChI is InChI=1S/C13H16N2O/c14-9-11-4-6-12(7-5-11)15-8-2-1-3-13(15)10-16/h4-7,13,16H,1-3,8,10H2. The van der Waals surface area contributed by atoms with Crippen molar-refractivity contribution in [1.29, 1.82) is 5.26 Å². The van der Waals surface area contributed by atoms with E-state index in [1.807, 2.05) is 24.3 Å². The van der Waals surface area contributed by atoms with Crippen molar-refractivity contribution in [3.63, 3.8) is 0 Å². The smallest absolute Gasteiger partial charge is 0.0991 e. The molecule has 0 bridgehead atoms. The number of aliphatic hydroxyl groups is 1. The first-order valence-corrected chi connectivity index (χ1v) is 5.73. The molecule has 84 valence electrons. The number of rotatable bonds is 2. The van der Waals surface area contributed by atoms with Crippen molar-refractivity contribution < 1.29 is 5.11 Å². The van der Waals surface area contributed by atoms with Crippen LogP contribution in [-0.4, -0.2) is 24.3 Å². The Hall–Kier alpha value is -1.53. The van der Waals surface area contributed by atoms with E-state index in [4.69, 9.17) is 5.26 Å². The fourth-order valence-electron chi connectivity index (χ4n) is 2.26. The first-order valence-electron chi connectivity index (χ1n) is 5.73. The van der Waals surface area contributed by atoms with Gasteiger partial charge in [0, 0.05) is 12.2 Å². The van der Waals surface area contributed by atoms with Crippen molar-refractivity contribution in [3.05, 3.63) is 29.8 Å². The maximum atomic E-state index is 9.33. The Morgan fingerprint density at radius 1 is 1.31 bits per heavy atom. The molecule has 1 aromatic carbocycles. The predicted molar refractivity (Wildman–Crippen MR) is 63.2 cm³/mol. The Morgan fingerprint density at radius 3 is 2.69 bits per heavy atom. The molecule has 1 heterocycles. The first kappa shape index (κ1) is 11.0. The van der Waals surface area contributed by atoms with Crippen LogP contribution in [0.3, 0.4) is 0 Å². The lowest BCUT2D eigenvalue weighted by molar-refractivity contribution is 0.240. The number of nitrogens with zero attached hydrogens (tertiary/aromatic N) is 2. The molecule has 1 fully saturated rings. The topological polar surface area (TPSA) is 47.3 Å². The zero-order valence-corrected chi connectivity index (χ0v) is 9.26. The van der Waals surface area contributed by atoms with Gasteiger partial charge < -0.3 is 10.0 Å². The van der Waals surface area contributed by atoms with Gasteiger partial charge in [-0.3, -0.25) is 0 Å². The largest absolute Gasteiger partial charge is 0.394 e. The van der Waals surface area contributed by atoms with Gasteiger partial charge in [-0.25, -0.2) is 0 Å². The Balaban J connectivity index is 2.18. The zero-order valence-electron chi connectivity index (χ0n) is 9.26. The van der Waals surface area contributed by atoms with Gasteiger partial charge in [0.05, 0.1) is 24.3 Å². The molecular weight excluding hydrogens is 200 g/mol. The molecule has 1 aliphatic heterocycles. The van der Waals surface area contributed by atoms with Crippen molar-refractivity contribution in [2.24, 2.45) is 0 Å². The Morgan fingerprint density at radius 2 is 2.06 bits per heavy atom. The van der Waals surface area contributed by atoms with E-state index in [1.54, 1.807) is 0 Å². The van der Waals surface area contributed by atoms with Gasteiger partial charge in [0.1, 0.15) is 0 Å². The summed E-state index contributed by atoms with van der Waals surface area (Å²) in [5.41, 5.74) is 1.79. The number of piperidine rings is 1. The second-order valence-corrected chi connectivity index (χ2v) is 4.18. The summed E-state index contributed by atoms with van der Waals surface area (Å²) < 4.78 is 0. The van der Waals surface area contributed by atoms with Gasteiger partial charge in [-0.05, 0) is 43.5 Å². The number of hydrogen-bond acceptors (Lipinski definition) is 3. The summed E-state index contributed by atoms with van der Waals surface area (Å²) in [6.07, 6.45) is 3.42. The van der Waals surface area contributed by atoms with Crippen LogP contribution in [0, 0.1) is 11.3 Å². The third-order valence-electron chi connectivity index (χ3n) is 3.17. The molecule has 0 radical (unpaired) electrons. The summed E-state index contributed by atoms with van der Waals surface area (Å²) >= 11 is 0. The molecule has 0 aromatic heterocycles. The highest BCUT2D eigenvalue weighted by Gasteiger charge is 2.21. The summed E-state index contributed by atoms with van der Waals surface area (Å²) in [6.45, 7) is 1.21. The van der Waals surface area contributed by atoms with E-state index in [1.165, 1.54) is 12.8 Å². The Kier molecular flexibility index (Phi) is 3.43. The highest BCUT2D eigenvalue weighted by molar-refractivity contribution is 5.50. The molecule has 3 heteroatoms. The Bertz CT molecular complexity index is 380. The minimum absolute atomic E-state index is 0.208. The van der Waals surface area contributed by atoms with Crippen molar-refractivity contribution in [1.82, 2.24) is 0 Å². The molecule has 2 rings (SSSR count). The normalized spacial score (nSPS) is 20.5. The predicted octanol–water partition coefficient (Wildman–Crippen LogP) is 1.91. The van der Waals surface area contributed by atoms with Gasteiger partial charge in [-0.1, -0.05) is 0 Å². The number of hydrogen-bond donors (Lipinski definition) is 1. The van der Waals surface area contributed by atoms with Crippen LogP contribution >= 0.6 is 0 Å². The van der Waals surface area contributed by atoms with E-state index >= 15 is 0 Å². The maximum absolute atomic E-state index is 9.33. The van der Waals surface area contributed by atoms with Gasteiger partial charge in [-0.15, -0.1) is 0 Å². The molecule has 1 saturated heterocycles. The molecule has 1 aromatic rings. The number of nitriles is 1. The van der Waals surface area contributed by atoms with Crippen LogP contribution in [0.25, 0.3) is 0 Å². The van der Waals surface area contributed by atoms with E-state index < -0.39 is 0 Å². The summed E-state index contributed by atoms with van der Waals surface area (Å²) in [7, 11) is 0. The second kappa shape index (κ2) is 5.00. The van der Waals surface area contributed by atoms with E-state index in [0.717, 1.165) is 18.7 Å². The number of benzene rings is 1. The Labute approximate surface area is 95.9 Å². The fourth-order valence-corrected chi connectivity index (χ4v) is 2.26. The zero-order chi connectivity index (χ0) is 11.4. The lowest BCUT2D eigenvalue weighted by atomic mass is 10.0. The number of anilines is 1. The van der Waals surface area contributed by atoms with E-state index in [9.17, 15) is 5.11 Å². The molecule has 0 saturated carbocycles. The van der Waals surface area contributed by atoms with Gasteiger partial charge in [0.2, 0.25) is 0 Å². The molecule has 1 N–H and O–H groups in total. The van der Waals surface area contributed by atoms with E-state index in [0.29, 0.717) is 5.56 Å². The van der Waals surface area contributed by atoms with E-state index in [2.05, 4.69) is 11.0 Å². The third kappa shape index (κ3) is 2.17. The molecule has 0 spiro atoms. The van der Waals surface area contributed by atoms with Gasteiger partial charge in [0.25, 0.3) is 0 Å². The molecule has 16 heavy (non-hydrogen) atoms. The van der Waals surface area contributed by atoms with Crippen molar-refractivity contribution in [2.45, 2.75) is 25.3 Å². The van der Waals surface area contributed by atoms with Crippen molar-refractivity contribution in [2.75, 3.05) is 18.1 Å². The molecule has 0 amide bonds. The second-order valence-electron chi connectivity index (χ2n) is 4.18. The van der Waals surface area contributed by atoms with Crippen LogP contribution < -0.4 is 4.90 Å². The highest BCUT2D eigenvalue weighted by Crippen LogP contribution is 2.24. The summed E-state index contributed by atoms with van der Waals surface area (Å²) in [5, 5.41) is 18.1. The van der Waals surface area contributed by atoms with Crippen LogP contribution in [0.2, 0.25) is 0 Å². The van der Waals surface area contributed by atoms with Gasteiger partial charge in [0.15, 0.2) is 0 Å². The monoisotopic (exact) mass is 216 g/mol. The van der Waals surface area contributed by atoms with Gasteiger partial charge >= 0.3 is 0 Å². The molecule has 3 nitrogen and oxygen atoms in total. The minimum Gasteiger partial charge on any atom is -0.394 e. The maximum Gasteiger partial charge on any atom is 0.0991 e. The average Bonchev–Trinajstić information content (AvgIpc) is 2.39. The molecule has 1 atom stereocenters. The van der Waals surface area contributed by atoms with E-state index in [-0.39, 0.29) is 12.6 Å². The highest BCUT2D eigenvalue weighted by atomic mass is 16.3. The number of aliphatic hydroxyl groups excluding tert-OH is 1. The van der Waals surface area contributed by atoms with Crippen molar-refractivity contribution in [3.8, 4) is 6.07 Å². The fraction of sp³-hybridized carbons (Fsp3) is 0.462. The summed E-state index contributed by atoms with van der Waals surface area (Å²) in [4.78, 5) is 2.24. The van der Waals surface area contributed by atoms with Crippen LogP contribution in [0.5, 0.6) is 0 Å². The van der Waals surface area contributed by atoms with Crippen LogP contribution in [0.1, 0.15) is 24.8 Å². The molecule has 0 aliphatic carbocycles. The summed E-state index contributed by atoms with van der Waals surface area (Å²) in [5.74, 6) is 0. The first-order chi connectivity index (χ1) is 7.85. The molecule has 1 unspecified atom stereocenters. The molecular formula is C13H16N2O. The lowest BCUT2D eigenvalue weighted by Crippen LogP contribution is -2.41. The van der Waals surface area contributed by atoms with Crippen LogP contribution in [-0.2, 0) is 0 Å². The van der Waals surface area contributed by atoms with Crippen LogP contribution in [0.4, 0.5) is 5.69 Å². The summed E-state index contributed by atoms with van der Waals surface area (Å²) in [6, 6.07) is 9.95. The SMILES string of the molecule is N#Cc1ccc(N2CCCCC2CO)cc1. The lowest BCUT2D eigenvalue weighted by Gasteiger charge is -2.36. The van der Waals surface area contributed by atoms with Crippen LogP contribution in [0.15, 0.2) is 24.3 Å². The third-order valence-corrected chi connectivity index (χ3v) is 3.17. The molecule has 1 aliphatic rings. The quantitative estimate of drug-likeness (QED) is 0.821. The van der Waals surface area contributed by atoms with Gasteiger partial charge in [-0.2, -0.15) is 5.26 Å². The van der Waals surface area contributed by atoms with Crippen molar-refractivity contribution >= 4 is 5.69 Å². The minimum atomic E-state index is 0.208. The average molecular weight is 216 g/mol.